The van der Waals surface area contributed by atoms with E-state index < -0.39 is 0 Å². The molecular formula is C11H19N3. The highest BCUT2D eigenvalue weighted by atomic mass is 15.3. The number of hydrogen-bond acceptors (Lipinski definition) is 2. The third-order valence-corrected chi connectivity index (χ3v) is 3.31. The van der Waals surface area contributed by atoms with Gasteiger partial charge in [0.2, 0.25) is 0 Å². The predicted octanol–water partition coefficient (Wildman–Crippen LogP) is 1.87. The standard InChI is InChI=1S/C11H19N3/c1-3-9-4-6-12-10(8-9)11-5-7-13-14(11)2/h5,7,9-10,12H,3-4,6,8H2,1-2H3. The molecule has 1 aromatic heterocycles. The van der Waals surface area contributed by atoms with Crippen molar-refractivity contribution in [1.29, 1.82) is 0 Å². The highest BCUT2D eigenvalue weighted by Crippen LogP contribution is 2.28. The molecule has 1 aliphatic heterocycles. The molecule has 2 atom stereocenters. The zero-order valence-corrected chi connectivity index (χ0v) is 9.03. The van der Waals surface area contributed by atoms with Gasteiger partial charge in [0, 0.05) is 19.3 Å². The van der Waals surface area contributed by atoms with Gasteiger partial charge >= 0.3 is 0 Å². The quantitative estimate of drug-likeness (QED) is 0.777. The predicted molar refractivity (Wildman–Crippen MR) is 57.0 cm³/mol. The Morgan fingerprint density at radius 1 is 1.64 bits per heavy atom. The molecule has 0 amide bonds. The lowest BCUT2D eigenvalue weighted by Gasteiger charge is -2.29. The zero-order valence-electron chi connectivity index (χ0n) is 9.03. The Hall–Kier alpha value is -0.830. The molecule has 0 aromatic carbocycles. The summed E-state index contributed by atoms with van der Waals surface area (Å²) in [6.45, 7) is 3.44. The molecular weight excluding hydrogens is 174 g/mol. The Bertz CT molecular complexity index is 292. The van der Waals surface area contributed by atoms with Gasteiger partial charge in [0.1, 0.15) is 0 Å². The zero-order chi connectivity index (χ0) is 9.97. The minimum absolute atomic E-state index is 0.515. The Morgan fingerprint density at radius 3 is 3.14 bits per heavy atom. The number of nitrogens with zero attached hydrogens (tertiary/aromatic N) is 2. The second kappa shape index (κ2) is 4.13. The largest absolute Gasteiger partial charge is 0.309 e. The minimum Gasteiger partial charge on any atom is -0.309 e. The van der Waals surface area contributed by atoms with E-state index in [1.807, 2.05) is 17.9 Å². The maximum Gasteiger partial charge on any atom is 0.0550 e. The van der Waals surface area contributed by atoms with Gasteiger partial charge in [0.15, 0.2) is 0 Å². The van der Waals surface area contributed by atoms with Gasteiger partial charge in [-0.2, -0.15) is 5.10 Å². The summed E-state index contributed by atoms with van der Waals surface area (Å²) in [5.74, 6) is 0.885. The van der Waals surface area contributed by atoms with E-state index in [0.29, 0.717) is 6.04 Å². The molecule has 1 N–H and O–H groups in total. The molecule has 1 fully saturated rings. The summed E-state index contributed by atoms with van der Waals surface area (Å²) in [6, 6.07) is 2.64. The first-order valence-corrected chi connectivity index (χ1v) is 5.52. The SMILES string of the molecule is CCC1CCNC(c2ccnn2C)C1. The fourth-order valence-electron chi connectivity index (χ4n) is 2.32. The first-order chi connectivity index (χ1) is 6.81. The molecule has 2 unspecified atom stereocenters. The van der Waals surface area contributed by atoms with E-state index >= 15 is 0 Å². The fourth-order valence-corrected chi connectivity index (χ4v) is 2.32. The lowest BCUT2D eigenvalue weighted by molar-refractivity contribution is 0.290. The summed E-state index contributed by atoms with van der Waals surface area (Å²) in [4.78, 5) is 0. The summed E-state index contributed by atoms with van der Waals surface area (Å²) in [5, 5.41) is 7.79. The van der Waals surface area contributed by atoms with Crippen LogP contribution in [0, 0.1) is 5.92 Å². The summed E-state index contributed by atoms with van der Waals surface area (Å²) in [5.41, 5.74) is 1.32. The molecule has 1 aromatic rings. The van der Waals surface area contributed by atoms with Crippen LogP contribution >= 0.6 is 0 Å². The topological polar surface area (TPSA) is 29.9 Å². The van der Waals surface area contributed by atoms with Gasteiger partial charge in [-0.25, -0.2) is 0 Å². The summed E-state index contributed by atoms with van der Waals surface area (Å²) >= 11 is 0. The van der Waals surface area contributed by atoms with E-state index in [0.717, 1.165) is 12.5 Å². The van der Waals surface area contributed by atoms with Crippen LogP contribution in [0.1, 0.15) is 37.9 Å². The van der Waals surface area contributed by atoms with E-state index in [9.17, 15) is 0 Å². The number of rotatable bonds is 2. The van der Waals surface area contributed by atoms with Crippen LogP contribution in [0.2, 0.25) is 0 Å². The smallest absolute Gasteiger partial charge is 0.0550 e. The highest BCUT2D eigenvalue weighted by molar-refractivity contribution is 5.07. The maximum atomic E-state index is 4.22. The van der Waals surface area contributed by atoms with Crippen LogP contribution in [0.25, 0.3) is 0 Å². The minimum atomic E-state index is 0.515. The first kappa shape index (κ1) is 9.71. The lowest BCUT2D eigenvalue weighted by Crippen LogP contribution is -2.32. The molecule has 0 saturated carbocycles. The van der Waals surface area contributed by atoms with Crippen molar-refractivity contribution in [2.24, 2.45) is 13.0 Å². The molecule has 0 spiro atoms. The van der Waals surface area contributed by atoms with Gasteiger partial charge in [0.25, 0.3) is 0 Å². The van der Waals surface area contributed by atoms with Gasteiger partial charge in [-0.1, -0.05) is 13.3 Å². The van der Waals surface area contributed by atoms with Crippen molar-refractivity contribution in [2.75, 3.05) is 6.54 Å². The van der Waals surface area contributed by atoms with Crippen LogP contribution in [0.3, 0.4) is 0 Å². The molecule has 3 heteroatoms. The molecule has 1 saturated heterocycles. The average molecular weight is 193 g/mol. The van der Waals surface area contributed by atoms with Gasteiger partial charge in [0.05, 0.1) is 5.69 Å². The summed E-state index contributed by atoms with van der Waals surface area (Å²) < 4.78 is 1.98. The van der Waals surface area contributed by atoms with Gasteiger partial charge in [-0.3, -0.25) is 4.68 Å². The van der Waals surface area contributed by atoms with Crippen molar-refractivity contribution in [3.8, 4) is 0 Å². The molecule has 14 heavy (non-hydrogen) atoms. The second-order valence-electron chi connectivity index (χ2n) is 4.19. The van der Waals surface area contributed by atoms with Crippen LogP contribution in [-0.2, 0) is 7.05 Å². The van der Waals surface area contributed by atoms with Crippen molar-refractivity contribution in [1.82, 2.24) is 15.1 Å². The van der Waals surface area contributed by atoms with Gasteiger partial charge in [-0.05, 0) is 31.4 Å². The van der Waals surface area contributed by atoms with Gasteiger partial charge < -0.3 is 5.32 Å². The fraction of sp³-hybridized carbons (Fsp3) is 0.727. The van der Waals surface area contributed by atoms with E-state index in [2.05, 4.69) is 23.4 Å². The number of piperidine rings is 1. The van der Waals surface area contributed by atoms with Crippen molar-refractivity contribution in [3.63, 3.8) is 0 Å². The van der Waals surface area contributed by atoms with E-state index in [1.54, 1.807) is 0 Å². The van der Waals surface area contributed by atoms with Gasteiger partial charge in [-0.15, -0.1) is 0 Å². The average Bonchev–Trinajstić information content (AvgIpc) is 2.65. The van der Waals surface area contributed by atoms with Crippen molar-refractivity contribution in [2.45, 2.75) is 32.2 Å². The van der Waals surface area contributed by atoms with Crippen molar-refractivity contribution >= 4 is 0 Å². The van der Waals surface area contributed by atoms with E-state index in [-0.39, 0.29) is 0 Å². The monoisotopic (exact) mass is 193 g/mol. The van der Waals surface area contributed by atoms with Crippen molar-refractivity contribution < 1.29 is 0 Å². The van der Waals surface area contributed by atoms with Crippen molar-refractivity contribution in [3.05, 3.63) is 18.0 Å². The number of aryl methyl sites for hydroxylation is 1. The third-order valence-electron chi connectivity index (χ3n) is 3.31. The molecule has 0 aliphatic carbocycles. The molecule has 1 aliphatic rings. The third kappa shape index (κ3) is 1.82. The van der Waals surface area contributed by atoms with Crippen LogP contribution in [0.15, 0.2) is 12.3 Å². The molecule has 78 valence electrons. The van der Waals surface area contributed by atoms with Crippen LogP contribution in [0.4, 0.5) is 0 Å². The normalized spacial score (nSPS) is 27.9. The number of nitrogens with one attached hydrogen (secondary N) is 1. The lowest BCUT2D eigenvalue weighted by atomic mass is 9.89. The Kier molecular flexibility index (Phi) is 2.87. The van der Waals surface area contributed by atoms with Crippen LogP contribution < -0.4 is 5.32 Å². The molecule has 3 nitrogen and oxygen atoms in total. The van der Waals surface area contributed by atoms with E-state index in [4.69, 9.17) is 0 Å². The summed E-state index contributed by atoms with van der Waals surface area (Å²) in [7, 11) is 2.02. The first-order valence-electron chi connectivity index (χ1n) is 5.52. The van der Waals surface area contributed by atoms with E-state index in [1.165, 1.54) is 25.0 Å². The molecule has 2 heterocycles. The number of hydrogen-bond donors (Lipinski definition) is 1. The Labute approximate surface area is 85.5 Å². The molecule has 2 rings (SSSR count). The van der Waals surface area contributed by atoms with Crippen LogP contribution in [0.5, 0.6) is 0 Å². The maximum absolute atomic E-state index is 4.22. The van der Waals surface area contributed by atoms with Crippen LogP contribution in [-0.4, -0.2) is 16.3 Å². The molecule has 0 bridgehead atoms. The second-order valence-corrected chi connectivity index (χ2v) is 4.19. The Balaban J connectivity index is 2.08. The number of aromatic nitrogens is 2. The highest BCUT2D eigenvalue weighted by Gasteiger charge is 2.23. The molecule has 0 radical (unpaired) electrons. The summed E-state index contributed by atoms with van der Waals surface area (Å²) in [6.07, 6.45) is 5.77. The Morgan fingerprint density at radius 2 is 2.50 bits per heavy atom.